The Bertz CT molecular complexity index is 1340. The average molecular weight is 600 g/mol. The van der Waals surface area contributed by atoms with Gasteiger partial charge in [0, 0.05) is 5.02 Å². The van der Waals surface area contributed by atoms with Crippen LogP contribution in [-0.2, 0) is 29.0 Å². The summed E-state index contributed by atoms with van der Waals surface area (Å²) in [6, 6.07) is 8.33. The fourth-order valence-corrected chi connectivity index (χ4v) is 5.34. The average Bonchev–Trinajstić information content (AvgIpc) is 3.33. The number of carbonyl (C=O) groups excluding carboxylic acids is 1. The van der Waals surface area contributed by atoms with Crippen LogP contribution < -0.4 is 15.3 Å². The highest BCUT2D eigenvalue weighted by Gasteiger charge is 2.38. The van der Waals surface area contributed by atoms with Crippen LogP contribution in [0.3, 0.4) is 0 Å². The third-order valence-corrected chi connectivity index (χ3v) is 7.71. The third-order valence-electron chi connectivity index (χ3n) is 5.81. The Morgan fingerprint density at radius 3 is 2.48 bits per heavy atom. The van der Waals surface area contributed by atoms with E-state index in [9.17, 15) is 19.6 Å². The number of halogens is 1. The molecule has 0 amide bonds. The number of benzene rings is 1. The van der Waals surface area contributed by atoms with E-state index >= 15 is 0 Å². The van der Waals surface area contributed by atoms with Crippen molar-refractivity contribution in [2.75, 3.05) is 18.9 Å². The lowest BCUT2D eigenvalue weighted by molar-refractivity contribution is -0.159. The zero-order chi connectivity index (χ0) is 29.7. The fourth-order valence-electron chi connectivity index (χ4n) is 3.71. The lowest BCUT2D eigenvalue weighted by Crippen LogP contribution is -2.43. The second-order valence-corrected chi connectivity index (χ2v) is 11.8. The molecular formula is C25H35ClN5O8P. The smallest absolute Gasteiger partial charge is 0.459 e. The van der Waals surface area contributed by atoms with Crippen LogP contribution in [0, 0.1) is 0 Å². The number of hydrogen-bond donors (Lipinski definition) is 4. The molecule has 0 saturated heterocycles. The van der Waals surface area contributed by atoms with Crippen molar-refractivity contribution in [1.82, 2.24) is 19.7 Å². The van der Waals surface area contributed by atoms with Crippen molar-refractivity contribution < 1.29 is 38.1 Å². The SMILES string of the molecule is CC(C)OC(=O)[C@H](C)NP(=O)(OC[C@@H](O[C@](C)(CO)c1ccc2c(N)nncn12)[C@H](C)O)Oc1ccc(Cl)cc1. The van der Waals surface area contributed by atoms with Crippen LogP contribution in [-0.4, -0.2) is 68.3 Å². The van der Waals surface area contributed by atoms with Gasteiger partial charge in [0.15, 0.2) is 5.82 Å². The van der Waals surface area contributed by atoms with E-state index in [-0.39, 0.29) is 11.6 Å². The van der Waals surface area contributed by atoms with Crippen LogP contribution in [0.4, 0.5) is 5.82 Å². The summed E-state index contributed by atoms with van der Waals surface area (Å²) in [5.41, 5.74) is 5.55. The Kier molecular flexibility index (Phi) is 10.5. The van der Waals surface area contributed by atoms with E-state index in [4.69, 9.17) is 35.9 Å². The number of nitrogen functional groups attached to an aromatic ring is 1. The molecule has 5 N–H and O–H groups in total. The number of ether oxygens (including phenoxy) is 2. The van der Waals surface area contributed by atoms with E-state index in [0.717, 1.165) is 0 Å². The number of aliphatic hydroxyl groups is 2. The molecule has 5 atom stereocenters. The fraction of sp³-hybridized carbons (Fsp3) is 0.480. The van der Waals surface area contributed by atoms with E-state index in [1.165, 1.54) is 44.4 Å². The largest absolute Gasteiger partial charge is 0.462 e. The molecule has 2 aromatic heterocycles. The van der Waals surface area contributed by atoms with Gasteiger partial charge in [0.1, 0.15) is 29.8 Å². The molecule has 0 saturated carbocycles. The third kappa shape index (κ3) is 7.91. The van der Waals surface area contributed by atoms with Gasteiger partial charge in [-0.15, -0.1) is 10.2 Å². The maximum Gasteiger partial charge on any atom is 0.459 e. The van der Waals surface area contributed by atoms with Crippen LogP contribution in [0.5, 0.6) is 5.75 Å². The van der Waals surface area contributed by atoms with Gasteiger partial charge in [0.2, 0.25) is 0 Å². The number of carbonyl (C=O) groups is 1. The van der Waals surface area contributed by atoms with E-state index in [1.54, 1.807) is 37.3 Å². The minimum absolute atomic E-state index is 0.151. The number of nitrogens with one attached hydrogen (secondary N) is 1. The number of aromatic nitrogens is 3. The number of anilines is 1. The van der Waals surface area contributed by atoms with Gasteiger partial charge in [-0.05, 0) is 71.0 Å². The molecule has 220 valence electrons. The second kappa shape index (κ2) is 13.3. The number of esters is 1. The monoisotopic (exact) mass is 599 g/mol. The molecule has 0 aliphatic rings. The molecule has 0 fully saturated rings. The number of hydrogen-bond acceptors (Lipinski definition) is 11. The summed E-state index contributed by atoms with van der Waals surface area (Å²) in [6.07, 6.45) is -1.24. The first kappa shape index (κ1) is 31.8. The number of nitrogens with zero attached hydrogens (tertiary/aromatic N) is 3. The van der Waals surface area contributed by atoms with E-state index in [0.29, 0.717) is 16.2 Å². The molecule has 0 radical (unpaired) electrons. The molecule has 15 heteroatoms. The van der Waals surface area contributed by atoms with Gasteiger partial charge in [-0.25, -0.2) is 4.57 Å². The van der Waals surface area contributed by atoms with Gasteiger partial charge in [0.05, 0.1) is 36.6 Å². The maximum absolute atomic E-state index is 13.9. The van der Waals surface area contributed by atoms with Crippen molar-refractivity contribution in [1.29, 1.82) is 0 Å². The number of fused-ring (bicyclic) bond motifs is 1. The van der Waals surface area contributed by atoms with E-state index in [1.807, 2.05) is 0 Å². The van der Waals surface area contributed by atoms with Crippen molar-refractivity contribution >= 4 is 36.7 Å². The Balaban J connectivity index is 1.85. The number of nitrogens with two attached hydrogens (primary N) is 1. The van der Waals surface area contributed by atoms with Crippen molar-refractivity contribution in [2.24, 2.45) is 0 Å². The van der Waals surface area contributed by atoms with E-state index < -0.39 is 56.9 Å². The Hall–Kier alpha value is -2.77. The van der Waals surface area contributed by atoms with Crippen molar-refractivity contribution in [3.8, 4) is 5.75 Å². The topological polar surface area (TPSA) is 180 Å². The maximum atomic E-state index is 13.9. The summed E-state index contributed by atoms with van der Waals surface area (Å²) in [7, 11) is -4.27. The highest BCUT2D eigenvalue weighted by Crippen LogP contribution is 2.46. The quantitative estimate of drug-likeness (QED) is 0.157. The molecule has 1 unspecified atom stereocenters. The zero-order valence-corrected chi connectivity index (χ0v) is 24.5. The standard InChI is InChI=1S/C25H35ClN5O8P/c1-15(2)37-24(34)16(3)30-40(35,39-19-8-6-18(26)7-9-19)36-12-21(17(4)33)38-25(5,13-32)22-11-10-20-23(27)29-28-14-31(20)22/h6-11,14-17,21,32-33H,12-13H2,1-5H3,(H2,27,29)(H,30,35)/t16-,17-,21+,25+,40?/m0/s1. The van der Waals surface area contributed by atoms with Gasteiger partial charge in [-0.3, -0.25) is 13.7 Å². The zero-order valence-electron chi connectivity index (χ0n) is 22.9. The Morgan fingerprint density at radius 2 is 1.88 bits per heavy atom. The lowest BCUT2D eigenvalue weighted by atomic mass is 10.0. The predicted octanol–water partition coefficient (Wildman–Crippen LogP) is 3.07. The second-order valence-electron chi connectivity index (χ2n) is 9.65. The van der Waals surface area contributed by atoms with Crippen LogP contribution in [0.25, 0.3) is 5.52 Å². The summed E-state index contributed by atoms with van der Waals surface area (Å²) < 4.78 is 38.2. The summed E-state index contributed by atoms with van der Waals surface area (Å²) in [5.74, 6) is -0.337. The van der Waals surface area contributed by atoms with Gasteiger partial charge < -0.3 is 29.9 Å². The Morgan fingerprint density at radius 1 is 1.20 bits per heavy atom. The highest BCUT2D eigenvalue weighted by molar-refractivity contribution is 7.52. The van der Waals surface area contributed by atoms with Crippen molar-refractivity contribution in [2.45, 2.75) is 64.6 Å². The summed E-state index contributed by atoms with van der Waals surface area (Å²) in [6.45, 7) is 6.91. The molecular weight excluding hydrogens is 565 g/mol. The van der Waals surface area contributed by atoms with Crippen LogP contribution in [0.15, 0.2) is 42.7 Å². The first-order chi connectivity index (χ1) is 18.8. The summed E-state index contributed by atoms with van der Waals surface area (Å²) >= 11 is 5.94. The Labute approximate surface area is 237 Å². The molecule has 3 rings (SSSR count). The molecule has 13 nitrogen and oxygen atoms in total. The van der Waals surface area contributed by atoms with Crippen molar-refractivity contribution in [3.63, 3.8) is 0 Å². The summed E-state index contributed by atoms with van der Waals surface area (Å²) in [4.78, 5) is 12.4. The van der Waals surface area contributed by atoms with Crippen LogP contribution in [0.1, 0.15) is 40.3 Å². The minimum atomic E-state index is -4.27. The normalized spacial score (nSPS) is 17.1. The van der Waals surface area contributed by atoms with Crippen LogP contribution >= 0.6 is 19.3 Å². The first-order valence-corrected chi connectivity index (χ1v) is 14.4. The summed E-state index contributed by atoms with van der Waals surface area (Å²) in [5, 5.41) is 31.5. The van der Waals surface area contributed by atoms with Crippen molar-refractivity contribution in [3.05, 3.63) is 53.4 Å². The molecule has 0 aliphatic heterocycles. The molecule has 40 heavy (non-hydrogen) atoms. The lowest BCUT2D eigenvalue weighted by Gasteiger charge is -2.34. The first-order valence-electron chi connectivity index (χ1n) is 12.5. The van der Waals surface area contributed by atoms with E-state index in [2.05, 4.69) is 15.3 Å². The highest BCUT2D eigenvalue weighted by atomic mass is 35.5. The van der Waals surface area contributed by atoms with Gasteiger partial charge in [-0.2, -0.15) is 5.09 Å². The van der Waals surface area contributed by atoms with Crippen LogP contribution in [0.2, 0.25) is 5.02 Å². The van der Waals surface area contributed by atoms with Gasteiger partial charge in [0.25, 0.3) is 0 Å². The number of aliphatic hydroxyl groups excluding tert-OH is 2. The molecule has 0 spiro atoms. The molecule has 0 aliphatic carbocycles. The molecule has 1 aromatic carbocycles. The molecule has 0 bridgehead atoms. The van der Waals surface area contributed by atoms with Gasteiger partial charge >= 0.3 is 13.7 Å². The number of rotatable bonds is 14. The van der Waals surface area contributed by atoms with Gasteiger partial charge in [-0.1, -0.05) is 11.6 Å². The minimum Gasteiger partial charge on any atom is -0.462 e. The molecule has 2 heterocycles. The predicted molar refractivity (Wildman–Crippen MR) is 148 cm³/mol. The molecule has 3 aromatic rings.